The molecular weight excluding hydrogens is 367 g/mol. The van der Waals surface area contributed by atoms with Gasteiger partial charge < -0.3 is 14.4 Å². The molecule has 134 valence electrons. The van der Waals surface area contributed by atoms with Crippen molar-refractivity contribution >= 4 is 29.1 Å². The summed E-state index contributed by atoms with van der Waals surface area (Å²) in [5.41, 5.74) is 0.771. The highest BCUT2D eigenvalue weighted by atomic mass is 35.5. The minimum Gasteiger partial charge on any atom is -0.482 e. The second kappa shape index (κ2) is 8.03. The van der Waals surface area contributed by atoms with Crippen LogP contribution in [0.5, 0.6) is 5.75 Å². The molecule has 0 N–H and O–H groups in total. The van der Waals surface area contributed by atoms with E-state index in [1.54, 1.807) is 34.9 Å². The van der Waals surface area contributed by atoms with Crippen molar-refractivity contribution in [2.45, 2.75) is 19.1 Å². The molecule has 0 bridgehead atoms. The Bertz CT molecular complexity index is 753. The maximum atomic E-state index is 12.3. The van der Waals surface area contributed by atoms with E-state index in [4.69, 9.17) is 32.7 Å². The van der Waals surface area contributed by atoms with E-state index in [1.807, 2.05) is 6.20 Å². The summed E-state index contributed by atoms with van der Waals surface area (Å²) in [6.07, 6.45) is 2.68. The summed E-state index contributed by atoms with van der Waals surface area (Å²) in [6.45, 7) is 1.58. The third-order valence-electron chi connectivity index (χ3n) is 3.99. The van der Waals surface area contributed by atoms with Gasteiger partial charge in [0.05, 0.1) is 23.9 Å². The second-order valence-electron chi connectivity index (χ2n) is 5.77. The number of ether oxygens (including phenoxy) is 2. The van der Waals surface area contributed by atoms with Crippen molar-refractivity contribution < 1.29 is 14.3 Å². The third-order valence-corrected chi connectivity index (χ3v) is 4.52. The molecule has 1 aromatic heterocycles. The maximum absolute atomic E-state index is 12.3. The van der Waals surface area contributed by atoms with E-state index >= 15 is 0 Å². The molecule has 1 aliphatic heterocycles. The molecule has 0 radical (unpaired) electrons. The first-order chi connectivity index (χ1) is 12.1. The zero-order valence-corrected chi connectivity index (χ0v) is 15.2. The van der Waals surface area contributed by atoms with Crippen LogP contribution in [0.15, 0.2) is 24.4 Å². The number of carbonyl (C=O) groups excluding carboxylic acids is 1. The van der Waals surface area contributed by atoms with Crippen LogP contribution in [0.3, 0.4) is 0 Å². The van der Waals surface area contributed by atoms with Crippen molar-refractivity contribution in [3.8, 4) is 5.75 Å². The van der Waals surface area contributed by atoms with Crippen molar-refractivity contribution in [1.29, 1.82) is 0 Å². The highest BCUT2D eigenvalue weighted by Crippen LogP contribution is 2.28. The smallest absolute Gasteiger partial charge is 0.260 e. The summed E-state index contributed by atoms with van der Waals surface area (Å²) in [7, 11) is 1.61. The van der Waals surface area contributed by atoms with Crippen LogP contribution < -0.4 is 4.74 Å². The molecule has 2 aromatic rings. The van der Waals surface area contributed by atoms with Crippen LogP contribution in [0.2, 0.25) is 10.0 Å². The van der Waals surface area contributed by atoms with Gasteiger partial charge in [-0.05, 0) is 24.6 Å². The van der Waals surface area contributed by atoms with Crippen LogP contribution in [0, 0.1) is 0 Å². The summed E-state index contributed by atoms with van der Waals surface area (Å²) in [6, 6.07) is 5.01. The van der Waals surface area contributed by atoms with Crippen LogP contribution in [0.1, 0.15) is 18.2 Å². The molecule has 7 nitrogen and oxygen atoms in total. The normalized spacial score (nSPS) is 17.1. The topological polar surface area (TPSA) is 69.5 Å². The second-order valence-corrected chi connectivity index (χ2v) is 6.61. The van der Waals surface area contributed by atoms with E-state index in [-0.39, 0.29) is 18.6 Å². The number of benzene rings is 1. The van der Waals surface area contributed by atoms with Gasteiger partial charge in [-0.25, -0.2) is 4.68 Å². The van der Waals surface area contributed by atoms with E-state index in [0.717, 1.165) is 12.1 Å². The van der Waals surface area contributed by atoms with Crippen LogP contribution in [0.4, 0.5) is 0 Å². The average Bonchev–Trinajstić information content (AvgIpc) is 3.23. The molecule has 1 aromatic carbocycles. The Morgan fingerprint density at radius 2 is 2.24 bits per heavy atom. The van der Waals surface area contributed by atoms with E-state index in [1.165, 1.54) is 0 Å². The number of nitrogens with zero attached hydrogens (tertiary/aromatic N) is 4. The zero-order chi connectivity index (χ0) is 17.8. The molecule has 0 aliphatic carbocycles. The third kappa shape index (κ3) is 4.42. The lowest BCUT2D eigenvalue weighted by Crippen LogP contribution is -2.33. The number of hydrogen-bond donors (Lipinski definition) is 0. The summed E-state index contributed by atoms with van der Waals surface area (Å²) in [4.78, 5) is 14.1. The highest BCUT2D eigenvalue weighted by Gasteiger charge is 2.28. The number of halogens is 2. The fraction of sp³-hybridized carbons (Fsp3) is 0.438. The van der Waals surface area contributed by atoms with E-state index in [0.29, 0.717) is 35.5 Å². The standard InChI is InChI=1S/C16H18Cl2N4O3/c1-24-9-12-7-22(20-19-12)13-4-5-21(8-13)16(23)10-25-15-3-2-11(17)6-14(15)18/h2-3,6-7,13H,4-5,8-10H2,1H3. The SMILES string of the molecule is COCc1cn(C2CCN(C(=O)COc3ccc(Cl)cc3Cl)C2)nn1. The quantitative estimate of drug-likeness (QED) is 0.765. The molecule has 1 fully saturated rings. The lowest BCUT2D eigenvalue weighted by atomic mass is 10.3. The van der Waals surface area contributed by atoms with Gasteiger partial charge in [-0.15, -0.1) is 5.10 Å². The number of carbonyl (C=O) groups is 1. The maximum Gasteiger partial charge on any atom is 0.260 e. The van der Waals surface area contributed by atoms with Crippen molar-refractivity contribution in [3.63, 3.8) is 0 Å². The van der Waals surface area contributed by atoms with Crippen LogP contribution in [-0.4, -0.2) is 52.6 Å². The van der Waals surface area contributed by atoms with Crippen molar-refractivity contribution in [2.75, 3.05) is 26.8 Å². The molecule has 1 saturated heterocycles. The fourth-order valence-corrected chi connectivity index (χ4v) is 3.18. The monoisotopic (exact) mass is 384 g/mol. The lowest BCUT2D eigenvalue weighted by Gasteiger charge is -2.17. The molecule has 1 aliphatic rings. The molecule has 2 heterocycles. The highest BCUT2D eigenvalue weighted by molar-refractivity contribution is 6.35. The Kier molecular flexibility index (Phi) is 5.78. The van der Waals surface area contributed by atoms with Gasteiger partial charge in [0.25, 0.3) is 5.91 Å². The molecule has 1 amide bonds. The number of amides is 1. The van der Waals surface area contributed by atoms with Crippen molar-refractivity contribution in [1.82, 2.24) is 19.9 Å². The fourth-order valence-electron chi connectivity index (χ4n) is 2.71. The summed E-state index contributed by atoms with van der Waals surface area (Å²) in [5.74, 6) is 0.349. The van der Waals surface area contributed by atoms with E-state index in [2.05, 4.69) is 10.3 Å². The molecule has 25 heavy (non-hydrogen) atoms. The zero-order valence-electron chi connectivity index (χ0n) is 13.7. The molecule has 1 unspecified atom stereocenters. The molecule has 1 atom stereocenters. The van der Waals surface area contributed by atoms with Gasteiger partial charge in [0.1, 0.15) is 11.4 Å². The van der Waals surface area contributed by atoms with Gasteiger partial charge >= 0.3 is 0 Å². The Balaban J connectivity index is 1.53. The lowest BCUT2D eigenvalue weighted by molar-refractivity contribution is -0.132. The van der Waals surface area contributed by atoms with Gasteiger partial charge in [-0.3, -0.25) is 4.79 Å². The minimum atomic E-state index is -0.0919. The van der Waals surface area contributed by atoms with Gasteiger partial charge in [0.2, 0.25) is 0 Å². The average molecular weight is 385 g/mol. The summed E-state index contributed by atoms with van der Waals surface area (Å²) >= 11 is 11.9. The number of aromatic nitrogens is 3. The van der Waals surface area contributed by atoms with Crippen LogP contribution in [-0.2, 0) is 16.1 Å². The summed E-state index contributed by atoms with van der Waals surface area (Å²) < 4.78 is 12.3. The van der Waals surface area contributed by atoms with Crippen LogP contribution in [0.25, 0.3) is 0 Å². The largest absolute Gasteiger partial charge is 0.482 e. The predicted octanol–water partition coefficient (Wildman–Crippen LogP) is 2.58. The van der Waals surface area contributed by atoms with Gasteiger partial charge in [-0.1, -0.05) is 28.4 Å². The van der Waals surface area contributed by atoms with Crippen molar-refractivity contribution in [2.24, 2.45) is 0 Å². The van der Waals surface area contributed by atoms with Crippen molar-refractivity contribution in [3.05, 3.63) is 40.1 Å². The Morgan fingerprint density at radius 3 is 3.00 bits per heavy atom. The van der Waals surface area contributed by atoms with E-state index in [9.17, 15) is 4.79 Å². The van der Waals surface area contributed by atoms with Gasteiger partial charge in [-0.2, -0.15) is 0 Å². The molecule has 0 spiro atoms. The number of methoxy groups -OCH3 is 1. The Morgan fingerprint density at radius 1 is 1.40 bits per heavy atom. The number of likely N-dealkylation sites (tertiary alicyclic amines) is 1. The number of rotatable bonds is 6. The molecule has 9 heteroatoms. The first-order valence-corrected chi connectivity index (χ1v) is 8.57. The molecular formula is C16H18Cl2N4O3. The predicted molar refractivity (Wildman–Crippen MR) is 92.9 cm³/mol. The first kappa shape index (κ1) is 18.0. The van der Waals surface area contributed by atoms with Gasteiger partial charge in [0.15, 0.2) is 6.61 Å². The minimum absolute atomic E-state index is 0.0691. The van der Waals surface area contributed by atoms with E-state index < -0.39 is 0 Å². The number of hydrogen-bond acceptors (Lipinski definition) is 5. The molecule has 0 saturated carbocycles. The van der Waals surface area contributed by atoms with Crippen LogP contribution >= 0.6 is 23.2 Å². The Hall–Kier alpha value is -1.83. The van der Waals surface area contributed by atoms with Gasteiger partial charge in [0, 0.05) is 25.2 Å². The Labute approximate surface area is 155 Å². The molecule has 3 rings (SSSR count). The summed E-state index contributed by atoms with van der Waals surface area (Å²) in [5, 5.41) is 9.06. The first-order valence-electron chi connectivity index (χ1n) is 7.82.